The lowest BCUT2D eigenvalue weighted by Crippen LogP contribution is -2.23. The smallest absolute Gasteiger partial charge is 0.279 e. The Bertz CT molecular complexity index is 1760. The molecule has 0 amide bonds. The van der Waals surface area contributed by atoms with Gasteiger partial charge in [-0.15, -0.1) is 0 Å². The molecule has 0 unspecified atom stereocenters. The molecule has 37 heavy (non-hydrogen) atoms. The summed E-state index contributed by atoms with van der Waals surface area (Å²) in [6, 6.07) is 21.6. The van der Waals surface area contributed by atoms with Crippen molar-refractivity contribution < 1.29 is 17.6 Å². The number of rotatable bonds is 5. The van der Waals surface area contributed by atoms with Crippen LogP contribution in [0.4, 0.5) is 4.39 Å². The maximum absolute atomic E-state index is 13.7. The fourth-order valence-corrected chi connectivity index (χ4v) is 4.63. The van der Waals surface area contributed by atoms with E-state index in [1.54, 1.807) is 60.9 Å². The van der Waals surface area contributed by atoms with Crippen LogP contribution < -0.4 is 5.56 Å². The Kier molecular flexibility index (Phi) is 6.14. The van der Waals surface area contributed by atoms with Crippen molar-refractivity contribution in [3.63, 3.8) is 0 Å². The molecular formula is C28H20FN3O4S. The SMILES string of the molecule is CS(=O)(=O)c1ccc(-c2cnn(-c3ccc(C(=O)n4cccc4)cc3)c(=O)c2-c2ccc(F)cc2)cc1. The molecule has 0 aliphatic rings. The second-order valence-electron chi connectivity index (χ2n) is 8.40. The molecule has 0 spiro atoms. The lowest BCUT2D eigenvalue weighted by molar-refractivity contribution is 0.0960. The summed E-state index contributed by atoms with van der Waals surface area (Å²) in [5.74, 6) is -0.656. The first-order valence-electron chi connectivity index (χ1n) is 11.2. The third-order valence-corrected chi connectivity index (χ3v) is 7.03. The van der Waals surface area contributed by atoms with Gasteiger partial charge in [0.2, 0.25) is 0 Å². The summed E-state index contributed by atoms with van der Waals surface area (Å²) in [5.41, 5.74) is 2.22. The van der Waals surface area contributed by atoms with Crippen LogP contribution >= 0.6 is 0 Å². The first-order valence-corrected chi connectivity index (χ1v) is 13.1. The molecular weight excluding hydrogens is 493 g/mol. The standard InChI is InChI=1S/C28H20FN3O4S/c1-37(35,36)24-14-8-19(9-15-24)25-18-30-32(28(34)26(25)20-4-10-22(29)11-5-20)23-12-6-21(7-13-23)27(33)31-16-2-3-17-31/h2-18H,1H3. The molecule has 5 aromatic rings. The third kappa shape index (κ3) is 4.76. The first kappa shape index (κ1) is 24.1. The molecule has 0 aliphatic carbocycles. The highest BCUT2D eigenvalue weighted by Crippen LogP contribution is 2.30. The highest BCUT2D eigenvalue weighted by molar-refractivity contribution is 7.90. The lowest BCUT2D eigenvalue weighted by Gasteiger charge is -2.13. The molecule has 0 saturated heterocycles. The summed E-state index contributed by atoms with van der Waals surface area (Å²) in [6.45, 7) is 0. The predicted molar refractivity (Wildman–Crippen MR) is 138 cm³/mol. The van der Waals surface area contributed by atoms with E-state index >= 15 is 0 Å². The molecule has 0 radical (unpaired) electrons. The topological polar surface area (TPSA) is 91.0 Å². The molecule has 5 rings (SSSR count). The van der Waals surface area contributed by atoms with Crippen LogP contribution in [0, 0.1) is 5.82 Å². The number of sulfone groups is 1. The second kappa shape index (κ2) is 9.44. The number of hydrogen-bond donors (Lipinski definition) is 0. The molecule has 2 aromatic heterocycles. The summed E-state index contributed by atoms with van der Waals surface area (Å²) in [4.78, 5) is 26.5. The Hall–Kier alpha value is -4.63. The van der Waals surface area contributed by atoms with Crippen molar-refractivity contribution >= 4 is 15.7 Å². The van der Waals surface area contributed by atoms with Crippen LogP contribution in [0.25, 0.3) is 27.9 Å². The van der Waals surface area contributed by atoms with Crippen molar-refractivity contribution in [1.82, 2.24) is 14.3 Å². The minimum Gasteiger partial charge on any atom is -0.291 e. The van der Waals surface area contributed by atoms with E-state index in [4.69, 9.17) is 0 Å². The van der Waals surface area contributed by atoms with E-state index in [0.717, 1.165) is 6.26 Å². The fraction of sp³-hybridized carbons (Fsp3) is 0.0357. The first-order chi connectivity index (χ1) is 17.7. The summed E-state index contributed by atoms with van der Waals surface area (Å²) >= 11 is 0. The maximum Gasteiger partial charge on any atom is 0.279 e. The number of nitrogens with zero attached hydrogens (tertiary/aromatic N) is 3. The lowest BCUT2D eigenvalue weighted by atomic mass is 9.97. The highest BCUT2D eigenvalue weighted by Gasteiger charge is 2.18. The van der Waals surface area contributed by atoms with Crippen LogP contribution in [0.5, 0.6) is 0 Å². The van der Waals surface area contributed by atoms with Gasteiger partial charge in [0.25, 0.3) is 11.5 Å². The van der Waals surface area contributed by atoms with E-state index in [2.05, 4.69) is 5.10 Å². The van der Waals surface area contributed by atoms with Crippen LogP contribution in [0.2, 0.25) is 0 Å². The number of benzene rings is 3. The van der Waals surface area contributed by atoms with Crippen LogP contribution in [-0.2, 0) is 9.84 Å². The van der Waals surface area contributed by atoms with Gasteiger partial charge in [-0.25, -0.2) is 12.8 Å². The van der Waals surface area contributed by atoms with Crippen molar-refractivity contribution in [2.24, 2.45) is 0 Å². The van der Waals surface area contributed by atoms with Crippen molar-refractivity contribution in [3.8, 4) is 27.9 Å². The molecule has 0 N–H and O–H groups in total. The van der Waals surface area contributed by atoms with E-state index < -0.39 is 21.2 Å². The number of carbonyl (C=O) groups is 1. The summed E-state index contributed by atoms with van der Waals surface area (Å²) in [5, 5.41) is 4.35. The van der Waals surface area contributed by atoms with Gasteiger partial charge in [-0.3, -0.25) is 14.2 Å². The molecule has 0 saturated carbocycles. The Morgan fingerprint density at radius 2 is 1.43 bits per heavy atom. The quantitative estimate of drug-likeness (QED) is 0.343. The predicted octanol–water partition coefficient (Wildman–Crippen LogP) is 4.60. The highest BCUT2D eigenvalue weighted by atomic mass is 32.2. The largest absolute Gasteiger partial charge is 0.291 e. The van der Waals surface area contributed by atoms with Gasteiger partial charge in [0.05, 0.1) is 22.3 Å². The summed E-state index contributed by atoms with van der Waals surface area (Å²) in [6.07, 6.45) is 5.93. The molecule has 3 aromatic carbocycles. The van der Waals surface area contributed by atoms with Crippen molar-refractivity contribution in [3.05, 3.63) is 125 Å². The molecule has 0 bridgehead atoms. The van der Waals surface area contributed by atoms with Gasteiger partial charge in [-0.1, -0.05) is 24.3 Å². The minimum atomic E-state index is -3.39. The fourth-order valence-electron chi connectivity index (χ4n) is 4.00. The Labute approximate surface area is 212 Å². The van der Waals surface area contributed by atoms with Gasteiger partial charge < -0.3 is 0 Å². The van der Waals surface area contributed by atoms with Crippen molar-refractivity contribution in [1.29, 1.82) is 0 Å². The van der Waals surface area contributed by atoms with Gasteiger partial charge in [-0.2, -0.15) is 9.78 Å². The normalized spacial score (nSPS) is 11.4. The van der Waals surface area contributed by atoms with Crippen LogP contribution in [0.1, 0.15) is 10.4 Å². The molecule has 7 nitrogen and oxygen atoms in total. The molecule has 9 heteroatoms. The summed E-state index contributed by atoms with van der Waals surface area (Å²) in [7, 11) is -3.39. The van der Waals surface area contributed by atoms with E-state index in [9.17, 15) is 22.4 Å². The summed E-state index contributed by atoms with van der Waals surface area (Å²) < 4.78 is 40.0. The average molecular weight is 514 g/mol. The van der Waals surface area contributed by atoms with Crippen molar-refractivity contribution in [2.45, 2.75) is 4.90 Å². The molecule has 0 atom stereocenters. The monoisotopic (exact) mass is 513 g/mol. The third-order valence-electron chi connectivity index (χ3n) is 5.90. The average Bonchev–Trinajstić information content (AvgIpc) is 3.44. The molecule has 2 heterocycles. The molecule has 0 fully saturated rings. The van der Waals surface area contributed by atoms with Crippen molar-refractivity contribution in [2.75, 3.05) is 6.26 Å². The number of halogens is 1. The van der Waals surface area contributed by atoms with Gasteiger partial charge in [-0.05, 0) is 71.8 Å². The van der Waals surface area contributed by atoms with Gasteiger partial charge in [0, 0.05) is 29.8 Å². The number of carbonyl (C=O) groups excluding carboxylic acids is 1. The number of hydrogen-bond acceptors (Lipinski definition) is 5. The zero-order valence-corrected chi connectivity index (χ0v) is 20.4. The van der Waals surface area contributed by atoms with E-state index in [1.807, 2.05) is 0 Å². The van der Waals surface area contributed by atoms with Gasteiger partial charge in [0.1, 0.15) is 5.82 Å². The van der Waals surface area contributed by atoms with E-state index in [1.165, 1.54) is 51.8 Å². The van der Waals surface area contributed by atoms with Crippen LogP contribution in [0.3, 0.4) is 0 Å². The molecule has 184 valence electrons. The minimum absolute atomic E-state index is 0.149. The maximum atomic E-state index is 13.7. The Balaban J connectivity index is 1.62. The van der Waals surface area contributed by atoms with Gasteiger partial charge >= 0.3 is 0 Å². The van der Waals surface area contributed by atoms with Crippen LogP contribution in [-0.4, -0.2) is 34.9 Å². The van der Waals surface area contributed by atoms with Gasteiger partial charge in [0.15, 0.2) is 9.84 Å². The Morgan fingerprint density at radius 1 is 0.838 bits per heavy atom. The molecule has 0 aliphatic heterocycles. The second-order valence-corrected chi connectivity index (χ2v) is 10.4. The van der Waals surface area contributed by atoms with E-state index in [0.29, 0.717) is 27.9 Å². The number of aromatic nitrogens is 3. The van der Waals surface area contributed by atoms with E-state index in [-0.39, 0.29) is 16.4 Å². The zero-order valence-electron chi connectivity index (χ0n) is 19.6. The van der Waals surface area contributed by atoms with Crippen LogP contribution in [0.15, 0.2) is 113 Å². The zero-order chi connectivity index (χ0) is 26.2. The Morgan fingerprint density at radius 3 is 2.03 bits per heavy atom.